The lowest BCUT2D eigenvalue weighted by Gasteiger charge is -2.12. The SMILES string of the molecule is c1ccc(-c2nc(-c3ccccc3)nc(-n3c4ccc(-n5c(-c6ccccc6)nc6ccccc65)cc4c4cc5c(cc43)sc3ccccc35)n2)cc1. The van der Waals surface area contributed by atoms with Gasteiger partial charge < -0.3 is 0 Å². The molecule has 7 aromatic carbocycles. The van der Waals surface area contributed by atoms with Crippen molar-refractivity contribution >= 4 is 64.3 Å². The summed E-state index contributed by atoms with van der Waals surface area (Å²) in [6, 6.07) is 59.1. The minimum Gasteiger partial charge on any atom is -0.292 e. The van der Waals surface area contributed by atoms with Gasteiger partial charge >= 0.3 is 0 Å². The van der Waals surface area contributed by atoms with Crippen molar-refractivity contribution in [1.82, 2.24) is 29.1 Å². The fourth-order valence-electron chi connectivity index (χ4n) is 7.55. The van der Waals surface area contributed by atoms with Gasteiger partial charge in [0.1, 0.15) is 5.82 Å². The molecule has 0 aliphatic carbocycles. The van der Waals surface area contributed by atoms with E-state index in [1.54, 1.807) is 0 Å². The van der Waals surface area contributed by atoms with Crippen LogP contribution in [0.5, 0.6) is 0 Å². The van der Waals surface area contributed by atoms with Gasteiger partial charge in [0.15, 0.2) is 11.6 Å². The summed E-state index contributed by atoms with van der Waals surface area (Å²) in [4.78, 5) is 20.5. The van der Waals surface area contributed by atoms with Crippen molar-refractivity contribution in [3.05, 3.63) is 170 Å². The number of rotatable bonds is 5. The minimum absolute atomic E-state index is 0.573. The van der Waals surface area contributed by atoms with E-state index >= 15 is 0 Å². The van der Waals surface area contributed by atoms with Crippen LogP contribution in [0.1, 0.15) is 0 Å². The Kier molecular flexibility index (Phi) is 6.62. The Labute approximate surface area is 307 Å². The molecule has 248 valence electrons. The molecule has 0 spiro atoms. The van der Waals surface area contributed by atoms with Crippen LogP contribution in [0.2, 0.25) is 0 Å². The van der Waals surface area contributed by atoms with Crippen LogP contribution in [0.25, 0.3) is 98.8 Å². The second-order valence-corrected chi connectivity index (χ2v) is 14.2. The van der Waals surface area contributed by atoms with Crippen LogP contribution < -0.4 is 0 Å². The van der Waals surface area contributed by atoms with Gasteiger partial charge in [-0.1, -0.05) is 121 Å². The quantitative estimate of drug-likeness (QED) is 0.180. The van der Waals surface area contributed by atoms with Gasteiger partial charge in [0.25, 0.3) is 0 Å². The van der Waals surface area contributed by atoms with Crippen LogP contribution in [0, 0.1) is 0 Å². The summed E-state index contributed by atoms with van der Waals surface area (Å²) in [6.07, 6.45) is 0. The van der Waals surface area contributed by atoms with Crippen LogP contribution >= 0.6 is 11.3 Å². The first-order valence-electron chi connectivity index (χ1n) is 17.6. The van der Waals surface area contributed by atoms with E-state index in [4.69, 9.17) is 19.9 Å². The number of hydrogen-bond donors (Lipinski definition) is 0. The lowest BCUT2D eigenvalue weighted by molar-refractivity contribution is 0.953. The van der Waals surface area contributed by atoms with Crippen molar-refractivity contribution in [3.8, 4) is 45.8 Å². The van der Waals surface area contributed by atoms with Gasteiger partial charge in [-0.05, 0) is 48.5 Å². The maximum Gasteiger partial charge on any atom is 0.238 e. The lowest BCUT2D eigenvalue weighted by Crippen LogP contribution is -2.06. The smallest absolute Gasteiger partial charge is 0.238 e. The fraction of sp³-hybridized carbons (Fsp3) is 0. The average molecular weight is 697 g/mol. The van der Waals surface area contributed by atoms with Crippen molar-refractivity contribution in [2.45, 2.75) is 0 Å². The molecule has 11 aromatic rings. The van der Waals surface area contributed by atoms with E-state index in [0.29, 0.717) is 17.6 Å². The van der Waals surface area contributed by atoms with E-state index in [1.165, 1.54) is 20.2 Å². The Morgan fingerprint density at radius 2 is 1.00 bits per heavy atom. The van der Waals surface area contributed by atoms with Crippen molar-refractivity contribution in [1.29, 1.82) is 0 Å². The van der Waals surface area contributed by atoms with E-state index in [2.05, 4.69) is 106 Å². The van der Waals surface area contributed by atoms with Crippen molar-refractivity contribution < 1.29 is 0 Å². The molecule has 6 nitrogen and oxygen atoms in total. The Bertz CT molecular complexity index is 3100. The molecule has 11 rings (SSSR count). The van der Waals surface area contributed by atoms with E-state index in [1.807, 2.05) is 84.1 Å². The highest BCUT2D eigenvalue weighted by molar-refractivity contribution is 7.25. The lowest BCUT2D eigenvalue weighted by atomic mass is 10.1. The van der Waals surface area contributed by atoms with E-state index in [-0.39, 0.29) is 0 Å². The Morgan fingerprint density at radius 3 is 1.74 bits per heavy atom. The van der Waals surface area contributed by atoms with Gasteiger partial charge in [-0.25, -0.2) is 9.97 Å². The van der Waals surface area contributed by atoms with Gasteiger partial charge in [0, 0.05) is 53.3 Å². The number of benzene rings is 7. The molecule has 0 fully saturated rings. The molecule has 7 heteroatoms. The molecule has 0 bridgehead atoms. The van der Waals surface area contributed by atoms with Crippen LogP contribution in [-0.4, -0.2) is 29.1 Å². The highest BCUT2D eigenvalue weighted by Gasteiger charge is 2.21. The third-order valence-corrected chi connectivity index (χ3v) is 11.1. The molecule has 0 aliphatic heterocycles. The van der Waals surface area contributed by atoms with Crippen molar-refractivity contribution in [3.63, 3.8) is 0 Å². The molecule has 4 heterocycles. The summed E-state index contributed by atoms with van der Waals surface area (Å²) in [6.45, 7) is 0. The van der Waals surface area contributed by atoms with Gasteiger partial charge in [0.05, 0.1) is 22.1 Å². The summed E-state index contributed by atoms with van der Waals surface area (Å²) >= 11 is 1.81. The second kappa shape index (κ2) is 11.8. The standard InChI is InChI=1S/C46H28N6S/c1-4-14-29(15-5-1)43-48-44(30-16-6-2-7-17-30)50-46(49-43)52-38-25-24-32(51-39-22-12-11-21-37(39)47-45(51)31-18-8-3-9-19-31)26-34(38)35-27-36-33-20-10-13-23-41(33)53-42(36)28-40(35)52/h1-28H. The van der Waals surface area contributed by atoms with Gasteiger partial charge in [-0.3, -0.25) is 9.13 Å². The molecule has 53 heavy (non-hydrogen) atoms. The van der Waals surface area contributed by atoms with E-state index in [0.717, 1.165) is 61.0 Å². The summed E-state index contributed by atoms with van der Waals surface area (Å²) < 4.78 is 6.97. The van der Waals surface area contributed by atoms with Gasteiger partial charge in [-0.15, -0.1) is 11.3 Å². The Hall–Kier alpha value is -6.96. The zero-order valence-electron chi connectivity index (χ0n) is 28.3. The first-order chi connectivity index (χ1) is 26.3. The molecular weight excluding hydrogens is 669 g/mol. The molecule has 4 aromatic heterocycles. The first-order valence-corrected chi connectivity index (χ1v) is 18.4. The Morgan fingerprint density at radius 1 is 0.377 bits per heavy atom. The number of thiophene rings is 1. The summed E-state index contributed by atoms with van der Waals surface area (Å²) in [7, 11) is 0. The maximum absolute atomic E-state index is 5.19. The number of hydrogen-bond acceptors (Lipinski definition) is 5. The second-order valence-electron chi connectivity index (χ2n) is 13.1. The third kappa shape index (κ3) is 4.79. The normalized spacial score (nSPS) is 11.8. The number of fused-ring (bicyclic) bond motifs is 7. The van der Waals surface area contributed by atoms with Crippen molar-refractivity contribution in [2.75, 3.05) is 0 Å². The molecule has 0 amide bonds. The number of para-hydroxylation sites is 2. The molecule has 0 N–H and O–H groups in total. The van der Waals surface area contributed by atoms with Crippen LogP contribution in [0.3, 0.4) is 0 Å². The predicted octanol–water partition coefficient (Wildman–Crippen LogP) is 11.7. The molecule has 0 atom stereocenters. The summed E-state index contributed by atoms with van der Waals surface area (Å²) in [5.74, 6) is 2.73. The number of aromatic nitrogens is 6. The zero-order chi connectivity index (χ0) is 34.9. The fourth-order valence-corrected chi connectivity index (χ4v) is 8.67. The molecule has 0 saturated heterocycles. The third-order valence-electron chi connectivity index (χ3n) is 9.99. The maximum atomic E-state index is 5.19. The summed E-state index contributed by atoms with van der Waals surface area (Å²) in [5.41, 5.74) is 8.02. The largest absolute Gasteiger partial charge is 0.292 e. The molecule has 0 saturated carbocycles. The van der Waals surface area contributed by atoms with Crippen LogP contribution in [-0.2, 0) is 0 Å². The molecule has 0 radical (unpaired) electrons. The molecule has 0 unspecified atom stereocenters. The topological polar surface area (TPSA) is 61.4 Å². The van der Waals surface area contributed by atoms with E-state index in [9.17, 15) is 0 Å². The highest BCUT2D eigenvalue weighted by Crippen LogP contribution is 2.41. The first kappa shape index (κ1) is 29.7. The highest BCUT2D eigenvalue weighted by atomic mass is 32.1. The van der Waals surface area contributed by atoms with Crippen LogP contribution in [0.15, 0.2) is 170 Å². The Balaban J connectivity index is 1.24. The predicted molar refractivity (Wildman–Crippen MR) is 218 cm³/mol. The number of imidazole rings is 1. The average Bonchev–Trinajstić information content (AvgIpc) is 3.90. The van der Waals surface area contributed by atoms with Crippen LogP contribution in [0.4, 0.5) is 0 Å². The monoisotopic (exact) mass is 696 g/mol. The summed E-state index contributed by atoms with van der Waals surface area (Å²) in [5, 5.41) is 4.74. The molecule has 0 aliphatic rings. The molecular formula is C46H28N6S. The minimum atomic E-state index is 0.573. The number of nitrogens with zero attached hydrogens (tertiary/aromatic N) is 6. The van der Waals surface area contributed by atoms with Crippen molar-refractivity contribution in [2.24, 2.45) is 0 Å². The van der Waals surface area contributed by atoms with E-state index < -0.39 is 0 Å². The van der Waals surface area contributed by atoms with Gasteiger partial charge in [0.2, 0.25) is 5.95 Å². The van der Waals surface area contributed by atoms with Gasteiger partial charge in [-0.2, -0.15) is 9.97 Å². The zero-order valence-corrected chi connectivity index (χ0v) is 29.1.